The average molecular weight is 287 g/mol. The Bertz CT molecular complexity index is 519. The zero-order valence-corrected chi connectivity index (χ0v) is 13.4. The summed E-state index contributed by atoms with van der Waals surface area (Å²) in [5.41, 5.74) is 1.98. The molecule has 1 N–H and O–H groups in total. The maximum Gasteiger partial charge on any atom is 0.104 e. The van der Waals surface area contributed by atoms with Crippen molar-refractivity contribution in [2.75, 3.05) is 19.7 Å². The highest BCUT2D eigenvalue weighted by Crippen LogP contribution is 2.28. The molecule has 3 heteroatoms. The molecule has 0 radical (unpaired) electrons. The highest BCUT2D eigenvalue weighted by Gasteiger charge is 2.37. The molecular weight excluding hydrogens is 262 g/mol. The number of benzene rings is 1. The monoisotopic (exact) mass is 287 g/mol. The Balaban J connectivity index is 2.04. The van der Waals surface area contributed by atoms with Crippen LogP contribution in [0.2, 0.25) is 0 Å². The lowest BCUT2D eigenvalue weighted by molar-refractivity contribution is -0.182. The van der Waals surface area contributed by atoms with E-state index < -0.39 is 0 Å². The molecule has 1 saturated heterocycles. The number of rotatable bonds is 2. The molecule has 114 valence electrons. The fourth-order valence-corrected chi connectivity index (χ4v) is 3.15. The third kappa shape index (κ3) is 4.86. The summed E-state index contributed by atoms with van der Waals surface area (Å²) in [6, 6.07) is 8.23. The van der Waals surface area contributed by atoms with Crippen molar-refractivity contribution in [2.45, 2.75) is 45.4 Å². The molecule has 1 aliphatic rings. The summed E-state index contributed by atoms with van der Waals surface area (Å²) in [4.78, 5) is 2.44. The van der Waals surface area contributed by atoms with Gasteiger partial charge in [0.15, 0.2) is 0 Å². The van der Waals surface area contributed by atoms with Gasteiger partial charge in [-0.15, -0.1) is 0 Å². The molecule has 21 heavy (non-hydrogen) atoms. The molecule has 0 spiro atoms. The molecule has 0 bridgehead atoms. The number of hydrogen-bond donors (Lipinski definition) is 1. The zero-order valence-electron chi connectivity index (χ0n) is 13.4. The average Bonchev–Trinajstić information content (AvgIpc) is 2.34. The first-order valence-electron chi connectivity index (χ1n) is 7.41. The van der Waals surface area contributed by atoms with Crippen molar-refractivity contribution < 1.29 is 9.84 Å². The van der Waals surface area contributed by atoms with Gasteiger partial charge in [-0.25, -0.2) is 0 Å². The van der Waals surface area contributed by atoms with E-state index in [1.165, 1.54) is 5.56 Å². The van der Waals surface area contributed by atoms with Crippen LogP contribution in [0, 0.1) is 11.8 Å². The minimum Gasteiger partial charge on any atom is -0.384 e. The summed E-state index contributed by atoms with van der Waals surface area (Å²) in [6.07, 6.45) is 0. The van der Waals surface area contributed by atoms with E-state index in [1.54, 1.807) is 0 Å². The van der Waals surface area contributed by atoms with Crippen LogP contribution in [-0.2, 0) is 11.3 Å². The molecule has 0 atom stereocenters. The predicted molar refractivity (Wildman–Crippen MR) is 84.9 cm³/mol. The summed E-state index contributed by atoms with van der Waals surface area (Å²) in [5, 5.41) is 8.70. The Hall–Kier alpha value is -1.34. The second-order valence-corrected chi connectivity index (χ2v) is 6.92. The van der Waals surface area contributed by atoms with Gasteiger partial charge >= 0.3 is 0 Å². The molecule has 0 aliphatic carbocycles. The molecule has 1 aliphatic heterocycles. The van der Waals surface area contributed by atoms with Gasteiger partial charge in [-0.2, -0.15) is 0 Å². The van der Waals surface area contributed by atoms with Crippen LogP contribution in [0.4, 0.5) is 0 Å². The molecular formula is C18H25NO2. The minimum absolute atomic E-state index is 0.0975. The SMILES string of the molecule is CC1(C)CN(Cc2ccc(C#CCO)cc2)CC(C)(C)O1. The van der Waals surface area contributed by atoms with Crippen molar-refractivity contribution in [3.8, 4) is 11.8 Å². The van der Waals surface area contributed by atoms with Gasteiger partial charge in [0.1, 0.15) is 6.61 Å². The van der Waals surface area contributed by atoms with Crippen LogP contribution in [0.3, 0.4) is 0 Å². The minimum atomic E-state index is -0.117. The van der Waals surface area contributed by atoms with Crippen molar-refractivity contribution in [1.29, 1.82) is 0 Å². The van der Waals surface area contributed by atoms with Crippen molar-refractivity contribution in [3.05, 3.63) is 35.4 Å². The van der Waals surface area contributed by atoms with Crippen LogP contribution < -0.4 is 0 Å². The lowest BCUT2D eigenvalue weighted by atomic mass is 9.98. The molecule has 0 aromatic heterocycles. The Labute approximate surface area is 127 Å². The van der Waals surface area contributed by atoms with Gasteiger partial charge in [-0.3, -0.25) is 4.90 Å². The number of ether oxygens (including phenoxy) is 1. The Morgan fingerprint density at radius 3 is 2.19 bits per heavy atom. The third-order valence-corrected chi connectivity index (χ3v) is 3.43. The molecule has 1 heterocycles. The number of aliphatic hydroxyl groups is 1. The molecule has 2 rings (SSSR count). The maximum absolute atomic E-state index is 8.70. The smallest absolute Gasteiger partial charge is 0.104 e. The molecule has 0 unspecified atom stereocenters. The Morgan fingerprint density at radius 2 is 1.67 bits per heavy atom. The third-order valence-electron chi connectivity index (χ3n) is 3.43. The van der Waals surface area contributed by atoms with Gasteiger partial charge in [-0.1, -0.05) is 24.0 Å². The zero-order chi connectivity index (χ0) is 15.5. The van der Waals surface area contributed by atoms with Gasteiger partial charge < -0.3 is 9.84 Å². The van der Waals surface area contributed by atoms with Crippen LogP contribution in [0.15, 0.2) is 24.3 Å². The highest BCUT2D eigenvalue weighted by molar-refractivity contribution is 5.36. The summed E-state index contributed by atoms with van der Waals surface area (Å²) in [6.45, 7) is 11.3. The van der Waals surface area contributed by atoms with Crippen molar-refractivity contribution in [2.24, 2.45) is 0 Å². The van der Waals surface area contributed by atoms with E-state index in [2.05, 4.69) is 56.6 Å². The fraction of sp³-hybridized carbons (Fsp3) is 0.556. The molecule has 0 amide bonds. The summed E-state index contributed by atoms with van der Waals surface area (Å²) >= 11 is 0. The second kappa shape index (κ2) is 6.19. The Morgan fingerprint density at radius 1 is 1.10 bits per heavy atom. The first-order chi connectivity index (χ1) is 9.80. The van der Waals surface area contributed by atoms with Gasteiger partial charge in [0.05, 0.1) is 11.2 Å². The topological polar surface area (TPSA) is 32.7 Å². The van der Waals surface area contributed by atoms with Crippen LogP contribution in [0.1, 0.15) is 38.8 Å². The predicted octanol–water partition coefficient (Wildman–Crippen LogP) is 2.42. The maximum atomic E-state index is 8.70. The van der Waals surface area contributed by atoms with Crippen LogP contribution in [0.25, 0.3) is 0 Å². The van der Waals surface area contributed by atoms with Crippen molar-refractivity contribution in [3.63, 3.8) is 0 Å². The molecule has 3 nitrogen and oxygen atoms in total. The van der Waals surface area contributed by atoms with Gasteiger partial charge in [0.25, 0.3) is 0 Å². The molecule has 1 aromatic rings. The van der Waals surface area contributed by atoms with Gasteiger partial charge in [0, 0.05) is 25.2 Å². The number of aliphatic hydroxyl groups excluding tert-OH is 1. The molecule has 1 aromatic carbocycles. The van der Waals surface area contributed by atoms with E-state index in [9.17, 15) is 0 Å². The van der Waals surface area contributed by atoms with E-state index in [-0.39, 0.29) is 17.8 Å². The van der Waals surface area contributed by atoms with Crippen LogP contribution in [0.5, 0.6) is 0 Å². The normalized spacial score (nSPS) is 20.6. The lowest BCUT2D eigenvalue weighted by Gasteiger charge is -2.47. The first kappa shape index (κ1) is 16.0. The summed E-state index contributed by atoms with van der Waals surface area (Å²) < 4.78 is 6.11. The van der Waals surface area contributed by atoms with Crippen molar-refractivity contribution >= 4 is 0 Å². The quantitative estimate of drug-likeness (QED) is 0.848. The van der Waals surface area contributed by atoms with E-state index in [0.717, 1.165) is 25.2 Å². The van der Waals surface area contributed by atoms with Crippen molar-refractivity contribution in [1.82, 2.24) is 4.90 Å². The first-order valence-corrected chi connectivity index (χ1v) is 7.41. The van der Waals surface area contributed by atoms with E-state index in [1.807, 2.05) is 12.1 Å². The number of nitrogens with zero attached hydrogens (tertiary/aromatic N) is 1. The van der Waals surface area contributed by atoms with Gasteiger partial charge in [0.2, 0.25) is 0 Å². The molecule has 0 saturated carbocycles. The van der Waals surface area contributed by atoms with E-state index in [0.29, 0.717) is 0 Å². The summed E-state index contributed by atoms with van der Waals surface area (Å²) in [7, 11) is 0. The summed E-state index contributed by atoms with van der Waals surface area (Å²) in [5.74, 6) is 5.58. The lowest BCUT2D eigenvalue weighted by Crippen LogP contribution is -2.56. The molecule has 1 fully saturated rings. The second-order valence-electron chi connectivity index (χ2n) is 6.92. The Kier molecular flexibility index (Phi) is 4.73. The largest absolute Gasteiger partial charge is 0.384 e. The van der Waals surface area contributed by atoms with Crippen LogP contribution in [-0.4, -0.2) is 40.9 Å². The standard InChI is InChI=1S/C18H25NO2/c1-17(2)13-19(14-18(3,4)21-17)12-16-9-7-15(8-10-16)6-5-11-20/h7-10,20H,11-14H2,1-4H3. The van der Waals surface area contributed by atoms with E-state index in [4.69, 9.17) is 9.84 Å². The number of morpholine rings is 1. The van der Waals surface area contributed by atoms with Crippen LogP contribution >= 0.6 is 0 Å². The van der Waals surface area contributed by atoms with E-state index >= 15 is 0 Å². The fourth-order valence-electron chi connectivity index (χ4n) is 3.15. The van der Waals surface area contributed by atoms with Gasteiger partial charge in [-0.05, 0) is 45.4 Å². The number of hydrogen-bond acceptors (Lipinski definition) is 3. The highest BCUT2D eigenvalue weighted by atomic mass is 16.5.